The fourth-order valence-corrected chi connectivity index (χ4v) is 1.20. The van der Waals surface area contributed by atoms with Gasteiger partial charge in [-0.05, 0) is 23.8 Å². The fourth-order valence-electron chi connectivity index (χ4n) is 1.20. The first-order valence-corrected chi connectivity index (χ1v) is 5.31. The van der Waals surface area contributed by atoms with Crippen LogP contribution in [-0.2, 0) is 14.3 Å². The van der Waals surface area contributed by atoms with Crippen LogP contribution in [0.3, 0.4) is 0 Å². The standard InChI is InChI=1S/C13H11F2NO3/c1-18-4-5-19-13(17)10(8-16)6-9-2-3-11(14)12(15)7-9/h2-3,6-7H,4-5H2,1H3/b10-6+. The van der Waals surface area contributed by atoms with Crippen molar-refractivity contribution in [1.29, 1.82) is 5.26 Å². The van der Waals surface area contributed by atoms with Gasteiger partial charge in [0.25, 0.3) is 0 Å². The van der Waals surface area contributed by atoms with E-state index in [-0.39, 0.29) is 24.4 Å². The zero-order valence-electron chi connectivity index (χ0n) is 10.2. The number of nitriles is 1. The molecule has 0 aliphatic rings. The van der Waals surface area contributed by atoms with Crippen LogP contribution in [0, 0.1) is 23.0 Å². The summed E-state index contributed by atoms with van der Waals surface area (Å²) in [4.78, 5) is 11.5. The molecule has 0 bridgehead atoms. The molecule has 1 aromatic rings. The number of rotatable bonds is 5. The Kier molecular flexibility index (Phi) is 5.64. The molecular formula is C13H11F2NO3. The molecule has 1 aromatic carbocycles. The van der Waals surface area contributed by atoms with Gasteiger partial charge in [-0.1, -0.05) is 6.07 Å². The Morgan fingerprint density at radius 2 is 2.11 bits per heavy atom. The molecule has 19 heavy (non-hydrogen) atoms. The lowest BCUT2D eigenvalue weighted by molar-refractivity contribution is -0.139. The maximum atomic E-state index is 13.0. The molecule has 0 saturated heterocycles. The monoisotopic (exact) mass is 267 g/mol. The normalized spacial score (nSPS) is 10.9. The highest BCUT2D eigenvalue weighted by Gasteiger charge is 2.11. The first kappa shape index (κ1) is 14.8. The van der Waals surface area contributed by atoms with E-state index in [4.69, 9.17) is 10.00 Å². The highest BCUT2D eigenvalue weighted by molar-refractivity contribution is 5.97. The molecule has 4 nitrogen and oxygen atoms in total. The van der Waals surface area contributed by atoms with E-state index < -0.39 is 17.6 Å². The van der Waals surface area contributed by atoms with Gasteiger partial charge in [0.15, 0.2) is 11.6 Å². The predicted molar refractivity (Wildman–Crippen MR) is 62.8 cm³/mol. The average molecular weight is 267 g/mol. The Hall–Kier alpha value is -2.26. The van der Waals surface area contributed by atoms with Gasteiger partial charge < -0.3 is 9.47 Å². The molecule has 0 fully saturated rings. The summed E-state index contributed by atoms with van der Waals surface area (Å²) in [7, 11) is 1.44. The zero-order chi connectivity index (χ0) is 14.3. The number of hydrogen-bond acceptors (Lipinski definition) is 4. The van der Waals surface area contributed by atoms with E-state index in [1.54, 1.807) is 6.07 Å². The highest BCUT2D eigenvalue weighted by Crippen LogP contribution is 2.12. The summed E-state index contributed by atoms with van der Waals surface area (Å²) >= 11 is 0. The third kappa shape index (κ3) is 4.48. The van der Waals surface area contributed by atoms with Crippen molar-refractivity contribution in [2.45, 2.75) is 0 Å². The molecule has 0 aromatic heterocycles. The summed E-state index contributed by atoms with van der Waals surface area (Å²) in [5.41, 5.74) is -0.110. The topological polar surface area (TPSA) is 59.3 Å². The molecular weight excluding hydrogens is 256 g/mol. The van der Waals surface area contributed by atoms with Crippen LogP contribution in [0.25, 0.3) is 6.08 Å². The number of carbonyl (C=O) groups is 1. The SMILES string of the molecule is COCCOC(=O)/C(C#N)=C/c1ccc(F)c(F)c1. The van der Waals surface area contributed by atoms with Crippen molar-refractivity contribution in [3.05, 3.63) is 41.0 Å². The molecule has 0 N–H and O–H groups in total. The van der Waals surface area contributed by atoms with E-state index in [9.17, 15) is 13.6 Å². The van der Waals surface area contributed by atoms with Gasteiger partial charge in [-0.15, -0.1) is 0 Å². The van der Waals surface area contributed by atoms with Gasteiger partial charge in [0.05, 0.1) is 6.61 Å². The van der Waals surface area contributed by atoms with Crippen molar-refractivity contribution < 1.29 is 23.0 Å². The Balaban J connectivity index is 2.84. The maximum Gasteiger partial charge on any atom is 0.348 e. The molecule has 0 aliphatic carbocycles. The van der Waals surface area contributed by atoms with Gasteiger partial charge >= 0.3 is 5.97 Å². The fraction of sp³-hybridized carbons (Fsp3) is 0.231. The Morgan fingerprint density at radius 1 is 1.37 bits per heavy atom. The van der Waals surface area contributed by atoms with Crippen LogP contribution in [-0.4, -0.2) is 26.3 Å². The Morgan fingerprint density at radius 3 is 2.68 bits per heavy atom. The molecule has 0 saturated carbocycles. The van der Waals surface area contributed by atoms with E-state index in [2.05, 4.69) is 4.74 Å². The smallest absolute Gasteiger partial charge is 0.348 e. The number of methoxy groups -OCH3 is 1. The lowest BCUT2D eigenvalue weighted by Crippen LogP contribution is -2.11. The van der Waals surface area contributed by atoms with Crippen LogP contribution in [0.2, 0.25) is 0 Å². The number of carbonyl (C=O) groups excluding carboxylic acids is 1. The minimum absolute atomic E-state index is 0.00608. The summed E-state index contributed by atoms with van der Waals surface area (Å²) in [5.74, 6) is -2.90. The van der Waals surface area contributed by atoms with Crippen LogP contribution in [0.15, 0.2) is 23.8 Å². The summed E-state index contributed by atoms with van der Waals surface area (Å²) < 4.78 is 35.1. The average Bonchev–Trinajstić information content (AvgIpc) is 2.40. The molecule has 1 rings (SSSR count). The maximum absolute atomic E-state index is 13.0. The van der Waals surface area contributed by atoms with Crippen molar-refractivity contribution in [3.63, 3.8) is 0 Å². The summed E-state index contributed by atoms with van der Waals surface area (Å²) in [5, 5.41) is 8.82. The van der Waals surface area contributed by atoms with E-state index in [1.165, 1.54) is 13.2 Å². The van der Waals surface area contributed by atoms with Gasteiger partial charge in [-0.2, -0.15) is 5.26 Å². The first-order valence-electron chi connectivity index (χ1n) is 5.31. The molecule has 0 heterocycles. The van der Waals surface area contributed by atoms with Gasteiger partial charge in [-0.3, -0.25) is 0 Å². The van der Waals surface area contributed by atoms with Crippen molar-refractivity contribution in [1.82, 2.24) is 0 Å². The number of esters is 1. The predicted octanol–water partition coefficient (Wildman–Crippen LogP) is 2.06. The first-order chi connectivity index (χ1) is 9.08. The molecule has 0 spiro atoms. The molecule has 0 amide bonds. The van der Waals surface area contributed by atoms with E-state index in [0.717, 1.165) is 18.2 Å². The number of hydrogen-bond donors (Lipinski definition) is 0. The highest BCUT2D eigenvalue weighted by atomic mass is 19.2. The third-order valence-electron chi connectivity index (χ3n) is 2.12. The largest absolute Gasteiger partial charge is 0.459 e. The molecule has 0 radical (unpaired) electrons. The quantitative estimate of drug-likeness (QED) is 0.354. The van der Waals surface area contributed by atoms with Crippen LogP contribution < -0.4 is 0 Å². The van der Waals surface area contributed by atoms with Crippen molar-refractivity contribution in [2.24, 2.45) is 0 Å². The summed E-state index contributed by atoms with van der Waals surface area (Å²) in [6, 6.07) is 4.68. The van der Waals surface area contributed by atoms with Crippen molar-refractivity contribution >= 4 is 12.0 Å². The Bertz CT molecular complexity index is 535. The van der Waals surface area contributed by atoms with Crippen LogP contribution in [0.4, 0.5) is 8.78 Å². The minimum atomic E-state index is -1.06. The minimum Gasteiger partial charge on any atom is -0.459 e. The number of benzene rings is 1. The Labute approximate surface area is 108 Å². The second kappa shape index (κ2) is 7.24. The molecule has 0 atom stereocenters. The molecule has 0 aliphatic heterocycles. The molecule has 0 unspecified atom stereocenters. The molecule has 6 heteroatoms. The zero-order valence-corrected chi connectivity index (χ0v) is 10.2. The number of halogens is 2. The second-order valence-electron chi connectivity index (χ2n) is 3.47. The molecule has 100 valence electrons. The number of ether oxygens (including phenoxy) is 2. The van der Waals surface area contributed by atoms with Gasteiger partial charge in [-0.25, -0.2) is 13.6 Å². The summed E-state index contributed by atoms with van der Waals surface area (Å²) in [6.45, 7) is 0.210. The lowest BCUT2D eigenvalue weighted by atomic mass is 10.1. The second-order valence-corrected chi connectivity index (χ2v) is 3.47. The summed E-state index contributed by atoms with van der Waals surface area (Å²) in [6.07, 6.45) is 1.12. The van der Waals surface area contributed by atoms with Gasteiger partial charge in [0.2, 0.25) is 0 Å². The van der Waals surface area contributed by atoms with Gasteiger partial charge in [0.1, 0.15) is 18.2 Å². The lowest BCUT2D eigenvalue weighted by Gasteiger charge is -2.03. The third-order valence-corrected chi connectivity index (χ3v) is 2.12. The van der Waals surface area contributed by atoms with Crippen LogP contribution >= 0.6 is 0 Å². The van der Waals surface area contributed by atoms with Crippen molar-refractivity contribution in [3.8, 4) is 6.07 Å². The van der Waals surface area contributed by atoms with Gasteiger partial charge in [0, 0.05) is 7.11 Å². The van der Waals surface area contributed by atoms with Crippen LogP contribution in [0.1, 0.15) is 5.56 Å². The van der Waals surface area contributed by atoms with E-state index >= 15 is 0 Å². The van der Waals surface area contributed by atoms with Crippen LogP contribution in [0.5, 0.6) is 0 Å². The van der Waals surface area contributed by atoms with E-state index in [1.807, 2.05) is 0 Å². The van der Waals surface area contributed by atoms with E-state index in [0.29, 0.717) is 0 Å². The number of nitrogens with zero attached hydrogens (tertiary/aromatic N) is 1. The van der Waals surface area contributed by atoms with Crippen molar-refractivity contribution in [2.75, 3.05) is 20.3 Å².